The summed E-state index contributed by atoms with van der Waals surface area (Å²) in [5, 5.41) is 0. The van der Waals surface area contributed by atoms with E-state index in [2.05, 4.69) is 68.1 Å². The van der Waals surface area contributed by atoms with Gasteiger partial charge in [-0.15, -0.1) is 0 Å². The third-order valence-electron chi connectivity index (χ3n) is 5.19. The number of amides is 1. The monoisotopic (exact) mass is 382 g/mol. The molecule has 0 bridgehead atoms. The predicted octanol–water partition coefficient (Wildman–Crippen LogP) is 4.58. The molecule has 1 saturated heterocycles. The highest BCUT2D eigenvalue weighted by molar-refractivity contribution is 7.98. The second-order valence-electron chi connectivity index (χ2n) is 7.45. The van der Waals surface area contributed by atoms with Crippen LogP contribution in [0.3, 0.4) is 0 Å². The van der Waals surface area contributed by atoms with E-state index in [1.165, 1.54) is 27.9 Å². The predicted molar refractivity (Wildman–Crippen MR) is 117 cm³/mol. The van der Waals surface area contributed by atoms with Crippen LogP contribution in [0.5, 0.6) is 0 Å². The van der Waals surface area contributed by atoms with E-state index in [1.54, 1.807) is 0 Å². The topological polar surface area (TPSA) is 23.6 Å². The highest BCUT2D eigenvalue weighted by Crippen LogP contribution is 2.23. The fourth-order valence-corrected chi connectivity index (χ4v) is 4.34. The summed E-state index contributed by atoms with van der Waals surface area (Å²) < 4.78 is 0. The average molecular weight is 383 g/mol. The maximum Gasteiger partial charge on any atom is 0.223 e. The Morgan fingerprint density at radius 2 is 1.59 bits per heavy atom. The molecule has 0 atom stereocenters. The molecule has 0 spiro atoms. The van der Waals surface area contributed by atoms with Gasteiger partial charge in [0, 0.05) is 49.8 Å². The molecule has 0 aromatic heterocycles. The molecule has 1 aliphatic rings. The van der Waals surface area contributed by atoms with Crippen LogP contribution in [-0.2, 0) is 10.5 Å². The number of hydrogen-bond donors (Lipinski definition) is 0. The SMILES string of the molecule is Cc1ccc(CSCCC(=O)N2CCN(c3cc(C)ccc3C)CC2)cc1. The Hall–Kier alpha value is -1.94. The Morgan fingerprint density at radius 1 is 0.926 bits per heavy atom. The zero-order chi connectivity index (χ0) is 19.2. The van der Waals surface area contributed by atoms with Gasteiger partial charge in [-0.25, -0.2) is 0 Å². The van der Waals surface area contributed by atoms with E-state index in [0.29, 0.717) is 12.3 Å². The van der Waals surface area contributed by atoms with E-state index in [-0.39, 0.29) is 0 Å². The van der Waals surface area contributed by atoms with Gasteiger partial charge in [-0.05, 0) is 43.5 Å². The minimum absolute atomic E-state index is 0.298. The number of benzene rings is 2. The highest BCUT2D eigenvalue weighted by Gasteiger charge is 2.21. The smallest absolute Gasteiger partial charge is 0.223 e. The van der Waals surface area contributed by atoms with Crippen molar-refractivity contribution in [2.75, 3.05) is 36.8 Å². The standard InChI is InChI=1S/C23H30N2OS/c1-18-5-8-21(9-6-18)17-27-15-10-23(26)25-13-11-24(12-14-25)22-16-19(2)4-7-20(22)3/h4-9,16H,10-15,17H2,1-3H3. The number of carbonyl (C=O) groups excluding carboxylic acids is 1. The number of aryl methyl sites for hydroxylation is 3. The normalized spacial score (nSPS) is 14.5. The van der Waals surface area contributed by atoms with Crippen molar-refractivity contribution in [1.29, 1.82) is 0 Å². The molecule has 27 heavy (non-hydrogen) atoms. The number of hydrogen-bond acceptors (Lipinski definition) is 3. The lowest BCUT2D eigenvalue weighted by molar-refractivity contribution is -0.131. The molecule has 144 valence electrons. The molecule has 0 aliphatic carbocycles. The van der Waals surface area contributed by atoms with Crippen molar-refractivity contribution in [3.8, 4) is 0 Å². The third kappa shape index (κ3) is 5.52. The van der Waals surface area contributed by atoms with E-state index in [9.17, 15) is 4.79 Å². The number of rotatable bonds is 6. The second-order valence-corrected chi connectivity index (χ2v) is 8.55. The van der Waals surface area contributed by atoms with Crippen LogP contribution >= 0.6 is 11.8 Å². The van der Waals surface area contributed by atoms with Gasteiger partial charge in [0.15, 0.2) is 0 Å². The second kappa shape index (κ2) is 9.32. The minimum Gasteiger partial charge on any atom is -0.368 e. The quantitative estimate of drug-likeness (QED) is 0.683. The summed E-state index contributed by atoms with van der Waals surface area (Å²) in [5.41, 5.74) is 6.54. The molecule has 3 nitrogen and oxygen atoms in total. The molecular formula is C23H30N2OS. The van der Waals surface area contributed by atoms with Gasteiger partial charge in [0.2, 0.25) is 5.91 Å². The Kier molecular flexibility index (Phi) is 6.84. The number of anilines is 1. The van der Waals surface area contributed by atoms with Crippen molar-refractivity contribution in [3.63, 3.8) is 0 Å². The molecule has 1 amide bonds. The summed E-state index contributed by atoms with van der Waals surface area (Å²) in [6, 6.07) is 15.3. The van der Waals surface area contributed by atoms with Gasteiger partial charge in [-0.2, -0.15) is 11.8 Å². The Balaban J connectivity index is 1.40. The lowest BCUT2D eigenvalue weighted by Crippen LogP contribution is -2.49. The fraction of sp³-hybridized carbons (Fsp3) is 0.435. The number of carbonyl (C=O) groups is 1. The third-order valence-corrected chi connectivity index (χ3v) is 6.22. The van der Waals surface area contributed by atoms with E-state index in [4.69, 9.17) is 0 Å². The lowest BCUT2D eigenvalue weighted by atomic mass is 10.1. The van der Waals surface area contributed by atoms with Crippen LogP contribution < -0.4 is 4.90 Å². The molecular weight excluding hydrogens is 352 g/mol. The molecule has 4 heteroatoms. The molecule has 0 N–H and O–H groups in total. The maximum atomic E-state index is 12.5. The van der Waals surface area contributed by atoms with Crippen molar-refractivity contribution in [2.24, 2.45) is 0 Å². The fourth-order valence-electron chi connectivity index (χ4n) is 3.45. The summed E-state index contributed by atoms with van der Waals surface area (Å²) in [6.45, 7) is 9.91. The van der Waals surface area contributed by atoms with Crippen molar-refractivity contribution in [2.45, 2.75) is 32.9 Å². The minimum atomic E-state index is 0.298. The lowest BCUT2D eigenvalue weighted by Gasteiger charge is -2.37. The van der Waals surface area contributed by atoms with E-state index in [1.807, 2.05) is 16.7 Å². The molecule has 0 radical (unpaired) electrons. The highest BCUT2D eigenvalue weighted by atomic mass is 32.2. The van der Waals surface area contributed by atoms with Crippen molar-refractivity contribution >= 4 is 23.4 Å². The first kappa shape index (κ1) is 19.8. The largest absolute Gasteiger partial charge is 0.368 e. The zero-order valence-corrected chi connectivity index (χ0v) is 17.5. The van der Waals surface area contributed by atoms with Gasteiger partial charge < -0.3 is 9.80 Å². The van der Waals surface area contributed by atoms with Crippen LogP contribution in [0.15, 0.2) is 42.5 Å². The first-order valence-corrected chi connectivity index (χ1v) is 10.9. The van der Waals surface area contributed by atoms with Crippen LogP contribution in [0.25, 0.3) is 0 Å². The number of thioether (sulfide) groups is 1. The van der Waals surface area contributed by atoms with E-state index in [0.717, 1.165) is 37.7 Å². The van der Waals surface area contributed by atoms with Gasteiger partial charge in [-0.3, -0.25) is 4.79 Å². The molecule has 0 unspecified atom stereocenters. The van der Waals surface area contributed by atoms with Crippen molar-refractivity contribution in [1.82, 2.24) is 4.90 Å². The van der Waals surface area contributed by atoms with Crippen LogP contribution in [0.1, 0.15) is 28.7 Å². The van der Waals surface area contributed by atoms with Gasteiger partial charge in [0.05, 0.1) is 0 Å². The summed E-state index contributed by atoms with van der Waals surface area (Å²) in [4.78, 5) is 17.0. The first-order valence-electron chi connectivity index (χ1n) is 9.76. The maximum absolute atomic E-state index is 12.5. The van der Waals surface area contributed by atoms with E-state index < -0.39 is 0 Å². The van der Waals surface area contributed by atoms with Gasteiger partial charge >= 0.3 is 0 Å². The molecule has 1 aliphatic heterocycles. The van der Waals surface area contributed by atoms with Crippen LogP contribution in [-0.4, -0.2) is 42.7 Å². The molecule has 3 rings (SSSR count). The van der Waals surface area contributed by atoms with E-state index >= 15 is 0 Å². The Labute approximate surface area is 167 Å². The van der Waals surface area contributed by atoms with Crippen LogP contribution in [0.2, 0.25) is 0 Å². The Morgan fingerprint density at radius 3 is 2.30 bits per heavy atom. The van der Waals surface area contributed by atoms with Crippen molar-refractivity contribution < 1.29 is 4.79 Å². The molecule has 1 fully saturated rings. The summed E-state index contributed by atoms with van der Waals surface area (Å²) >= 11 is 1.85. The summed E-state index contributed by atoms with van der Waals surface area (Å²) in [5.74, 6) is 2.17. The van der Waals surface area contributed by atoms with Crippen molar-refractivity contribution in [3.05, 3.63) is 64.7 Å². The molecule has 2 aromatic carbocycles. The summed E-state index contributed by atoms with van der Waals surface area (Å²) in [6.07, 6.45) is 0.639. The molecule has 2 aromatic rings. The molecule has 1 heterocycles. The van der Waals surface area contributed by atoms with Gasteiger partial charge in [0.1, 0.15) is 0 Å². The summed E-state index contributed by atoms with van der Waals surface area (Å²) in [7, 11) is 0. The number of nitrogens with zero attached hydrogens (tertiary/aromatic N) is 2. The van der Waals surface area contributed by atoms with Gasteiger partial charge in [0.25, 0.3) is 0 Å². The number of piperazine rings is 1. The molecule has 0 saturated carbocycles. The first-order chi connectivity index (χ1) is 13.0. The average Bonchev–Trinajstić information content (AvgIpc) is 2.68. The van der Waals surface area contributed by atoms with Gasteiger partial charge in [-0.1, -0.05) is 42.0 Å². The van der Waals surface area contributed by atoms with Crippen LogP contribution in [0, 0.1) is 20.8 Å². The Bertz CT molecular complexity index is 764. The zero-order valence-electron chi connectivity index (χ0n) is 16.7. The van der Waals surface area contributed by atoms with Crippen LogP contribution in [0.4, 0.5) is 5.69 Å².